The Morgan fingerprint density at radius 1 is 1.36 bits per heavy atom. The Balaban J connectivity index is 2.76. The van der Waals surface area contributed by atoms with Crippen LogP contribution in [0.4, 0.5) is 0 Å². The second kappa shape index (κ2) is 4.89. The highest BCUT2D eigenvalue weighted by atomic mass is 16.1. The van der Waals surface area contributed by atoms with Gasteiger partial charge in [-0.15, -0.1) is 0 Å². The summed E-state index contributed by atoms with van der Waals surface area (Å²) in [6.45, 7) is 5.99. The topological polar surface area (TPSA) is 30.0 Å². The van der Waals surface area contributed by atoms with Crippen LogP contribution in [-0.4, -0.2) is 10.8 Å². The van der Waals surface area contributed by atoms with Gasteiger partial charge in [0.05, 0.1) is 0 Å². The van der Waals surface area contributed by atoms with E-state index in [-0.39, 0.29) is 11.8 Å². The van der Waals surface area contributed by atoms with Gasteiger partial charge in [0, 0.05) is 24.2 Å². The molecular weight excluding hydrogens is 174 g/mol. The number of hydrogen-bond donors (Lipinski definition) is 0. The minimum absolute atomic E-state index is 0.00653. The van der Waals surface area contributed by atoms with E-state index in [2.05, 4.69) is 4.98 Å². The van der Waals surface area contributed by atoms with Crippen LogP contribution in [0.1, 0.15) is 38.7 Å². The molecule has 0 aliphatic carbocycles. The average Bonchev–Trinajstić information content (AvgIpc) is 2.27. The largest absolute Gasteiger partial charge is 0.299 e. The normalized spacial score (nSPS) is 14.8. The molecule has 0 aliphatic heterocycles. The summed E-state index contributed by atoms with van der Waals surface area (Å²) in [5.41, 5.74) is 1.06. The van der Waals surface area contributed by atoms with Crippen molar-refractivity contribution in [3.63, 3.8) is 0 Å². The molecule has 76 valence electrons. The van der Waals surface area contributed by atoms with Crippen molar-refractivity contribution in [1.82, 2.24) is 4.98 Å². The molecule has 0 aliphatic rings. The van der Waals surface area contributed by atoms with Crippen LogP contribution in [0.5, 0.6) is 0 Å². The highest BCUT2D eigenvalue weighted by molar-refractivity contribution is 5.87. The first-order chi connectivity index (χ1) is 6.66. The minimum Gasteiger partial charge on any atom is -0.299 e. The molecule has 0 radical (unpaired) electrons. The maximum absolute atomic E-state index is 11.9. The zero-order valence-electron chi connectivity index (χ0n) is 9.03. The lowest BCUT2D eigenvalue weighted by Crippen LogP contribution is -2.17. The van der Waals surface area contributed by atoms with E-state index in [9.17, 15) is 4.79 Å². The quantitative estimate of drug-likeness (QED) is 0.732. The van der Waals surface area contributed by atoms with Gasteiger partial charge < -0.3 is 0 Å². The maximum atomic E-state index is 11.9. The lowest BCUT2D eigenvalue weighted by atomic mass is 9.89. The van der Waals surface area contributed by atoms with Crippen LogP contribution in [0.25, 0.3) is 0 Å². The van der Waals surface area contributed by atoms with Crippen LogP contribution in [-0.2, 0) is 4.79 Å². The highest BCUT2D eigenvalue weighted by Crippen LogP contribution is 2.20. The molecular formula is C12H17NO. The third kappa shape index (κ3) is 2.41. The van der Waals surface area contributed by atoms with E-state index in [1.807, 2.05) is 32.9 Å². The molecule has 0 saturated heterocycles. The highest BCUT2D eigenvalue weighted by Gasteiger charge is 2.19. The van der Waals surface area contributed by atoms with Crippen molar-refractivity contribution in [3.8, 4) is 0 Å². The fourth-order valence-corrected chi connectivity index (χ4v) is 1.44. The van der Waals surface area contributed by atoms with E-state index in [0.29, 0.717) is 5.78 Å². The number of carbonyl (C=O) groups is 1. The molecule has 2 nitrogen and oxygen atoms in total. The maximum Gasteiger partial charge on any atom is 0.142 e. The zero-order chi connectivity index (χ0) is 10.6. The van der Waals surface area contributed by atoms with Crippen LogP contribution in [0.15, 0.2) is 24.5 Å². The SMILES string of the molecule is CCC(C)C(=O)C(C)c1ccncc1. The summed E-state index contributed by atoms with van der Waals surface area (Å²) < 4.78 is 0. The first-order valence-corrected chi connectivity index (χ1v) is 5.10. The summed E-state index contributed by atoms with van der Waals surface area (Å²) in [6, 6.07) is 3.82. The Morgan fingerprint density at radius 3 is 2.43 bits per heavy atom. The Kier molecular flexibility index (Phi) is 3.81. The molecule has 0 N–H and O–H groups in total. The van der Waals surface area contributed by atoms with E-state index in [1.54, 1.807) is 12.4 Å². The average molecular weight is 191 g/mol. The fraction of sp³-hybridized carbons (Fsp3) is 0.500. The van der Waals surface area contributed by atoms with E-state index in [1.165, 1.54) is 0 Å². The van der Waals surface area contributed by atoms with Gasteiger partial charge in [-0.3, -0.25) is 9.78 Å². The van der Waals surface area contributed by atoms with E-state index in [4.69, 9.17) is 0 Å². The fourth-order valence-electron chi connectivity index (χ4n) is 1.44. The van der Waals surface area contributed by atoms with Gasteiger partial charge in [0.25, 0.3) is 0 Å². The molecule has 0 bridgehead atoms. The summed E-state index contributed by atoms with van der Waals surface area (Å²) in [5, 5.41) is 0. The first-order valence-electron chi connectivity index (χ1n) is 5.10. The van der Waals surface area contributed by atoms with Crippen molar-refractivity contribution >= 4 is 5.78 Å². The molecule has 2 unspecified atom stereocenters. The smallest absolute Gasteiger partial charge is 0.142 e. The number of aromatic nitrogens is 1. The first kappa shape index (κ1) is 10.9. The van der Waals surface area contributed by atoms with E-state index in [0.717, 1.165) is 12.0 Å². The van der Waals surface area contributed by atoms with Gasteiger partial charge in [0.2, 0.25) is 0 Å². The van der Waals surface area contributed by atoms with Crippen LogP contribution in [0.2, 0.25) is 0 Å². The van der Waals surface area contributed by atoms with E-state index < -0.39 is 0 Å². The molecule has 1 rings (SSSR count). The van der Waals surface area contributed by atoms with Gasteiger partial charge >= 0.3 is 0 Å². The number of pyridine rings is 1. The second-order valence-corrected chi connectivity index (χ2v) is 3.71. The van der Waals surface area contributed by atoms with Gasteiger partial charge in [-0.1, -0.05) is 20.8 Å². The molecule has 0 spiro atoms. The van der Waals surface area contributed by atoms with Crippen LogP contribution in [0, 0.1) is 5.92 Å². The zero-order valence-corrected chi connectivity index (χ0v) is 9.03. The molecule has 2 heteroatoms. The van der Waals surface area contributed by atoms with Crippen molar-refractivity contribution in [3.05, 3.63) is 30.1 Å². The summed E-state index contributed by atoms with van der Waals surface area (Å²) in [5.74, 6) is 0.463. The van der Waals surface area contributed by atoms with Gasteiger partial charge in [-0.2, -0.15) is 0 Å². The van der Waals surface area contributed by atoms with Crippen molar-refractivity contribution < 1.29 is 4.79 Å². The Morgan fingerprint density at radius 2 is 1.93 bits per heavy atom. The number of hydrogen-bond acceptors (Lipinski definition) is 2. The van der Waals surface area contributed by atoms with Crippen LogP contribution >= 0.6 is 0 Å². The standard InChI is InChI=1S/C12H17NO/c1-4-9(2)12(14)10(3)11-5-7-13-8-6-11/h5-10H,4H2,1-3H3. The van der Waals surface area contributed by atoms with Gasteiger partial charge in [-0.25, -0.2) is 0 Å². The molecule has 2 atom stereocenters. The van der Waals surface area contributed by atoms with Crippen LogP contribution in [0.3, 0.4) is 0 Å². The number of rotatable bonds is 4. The van der Waals surface area contributed by atoms with E-state index >= 15 is 0 Å². The van der Waals surface area contributed by atoms with Gasteiger partial charge in [-0.05, 0) is 24.1 Å². The summed E-state index contributed by atoms with van der Waals surface area (Å²) in [4.78, 5) is 15.8. The monoisotopic (exact) mass is 191 g/mol. The van der Waals surface area contributed by atoms with Crippen LogP contribution < -0.4 is 0 Å². The predicted molar refractivity (Wildman–Crippen MR) is 57.1 cm³/mol. The Hall–Kier alpha value is -1.18. The minimum atomic E-state index is -0.00653. The lowest BCUT2D eigenvalue weighted by molar-refractivity contribution is -0.123. The summed E-state index contributed by atoms with van der Waals surface area (Å²) >= 11 is 0. The third-order valence-corrected chi connectivity index (χ3v) is 2.73. The molecule has 0 fully saturated rings. The molecule has 1 aromatic rings. The number of Topliss-reactive ketones (excluding diaryl/α,β-unsaturated/α-hetero) is 1. The number of nitrogens with zero attached hydrogens (tertiary/aromatic N) is 1. The van der Waals surface area contributed by atoms with Crippen molar-refractivity contribution in [1.29, 1.82) is 0 Å². The molecule has 0 saturated carbocycles. The second-order valence-electron chi connectivity index (χ2n) is 3.71. The van der Waals surface area contributed by atoms with Gasteiger partial charge in [0.15, 0.2) is 0 Å². The lowest BCUT2D eigenvalue weighted by Gasteiger charge is -2.14. The number of carbonyl (C=O) groups excluding carboxylic acids is 1. The van der Waals surface area contributed by atoms with Crippen molar-refractivity contribution in [2.75, 3.05) is 0 Å². The molecule has 0 amide bonds. The Labute approximate surface area is 85.4 Å². The predicted octanol–water partition coefficient (Wildman–Crippen LogP) is 2.80. The molecule has 1 heterocycles. The third-order valence-electron chi connectivity index (χ3n) is 2.73. The van der Waals surface area contributed by atoms with Gasteiger partial charge in [0.1, 0.15) is 5.78 Å². The summed E-state index contributed by atoms with van der Waals surface area (Å²) in [7, 11) is 0. The summed E-state index contributed by atoms with van der Waals surface area (Å²) in [6.07, 6.45) is 4.37. The van der Waals surface area contributed by atoms with Crippen molar-refractivity contribution in [2.45, 2.75) is 33.1 Å². The molecule has 14 heavy (non-hydrogen) atoms. The molecule has 1 aromatic heterocycles. The molecule has 0 aromatic carbocycles. The van der Waals surface area contributed by atoms with Crippen molar-refractivity contribution in [2.24, 2.45) is 5.92 Å². The Bertz CT molecular complexity index is 294. The number of ketones is 1.